The minimum Gasteiger partial charge on any atom is -0.543 e. The van der Waals surface area contributed by atoms with Crippen LogP contribution >= 0.6 is 0 Å². The van der Waals surface area contributed by atoms with E-state index in [1.807, 2.05) is 18.2 Å². The summed E-state index contributed by atoms with van der Waals surface area (Å²) in [7, 11) is -1.93. The molecular formula is C18H26O4Si. The molecule has 0 aliphatic rings. The van der Waals surface area contributed by atoms with Crippen LogP contribution in [0.15, 0.2) is 22.6 Å². The molecule has 0 unspecified atom stereocenters. The van der Waals surface area contributed by atoms with Gasteiger partial charge in [-0.25, -0.2) is 4.79 Å². The Kier molecular flexibility index (Phi) is 4.62. The molecule has 126 valence electrons. The second kappa shape index (κ2) is 6.04. The Morgan fingerprint density at radius 3 is 2.48 bits per heavy atom. The minimum atomic E-state index is -1.93. The second-order valence-corrected chi connectivity index (χ2v) is 12.0. The van der Waals surface area contributed by atoms with Crippen molar-refractivity contribution in [1.82, 2.24) is 0 Å². The molecule has 5 heteroatoms. The van der Waals surface area contributed by atoms with Crippen LogP contribution in [-0.2, 0) is 4.74 Å². The van der Waals surface area contributed by atoms with E-state index in [0.29, 0.717) is 23.5 Å². The van der Waals surface area contributed by atoms with E-state index in [2.05, 4.69) is 33.9 Å². The molecule has 2 rings (SSSR count). The Morgan fingerprint density at radius 2 is 1.91 bits per heavy atom. The molecule has 0 fully saturated rings. The van der Waals surface area contributed by atoms with E-state index in [4.69, 9.17) is 13.6 Å². The normalized spacial score (nSPS) is 12.5. The predicted octanol–water partition coefficient (Wildman–Crippen LogP) is 5.30. The maximum absolute atomic E-state index is 12.2. The minimum absolute atomic E-state index is 0.109. The van der Waals surface area contributed by atoms with Gasteiger partial charge in [0.05, 0.1) is 6.61 Å². The highest BCUT2D eigenvalue weighted by molar-refractivity contribution is 6.74. The Morgan fingerprint density at radius 1 is 1.26 bits per heavy atom. The lowest BCUT2D eigenvalue weighted by Crippen LogP contribution is -2.43. The molecule has 0 saturated heterocycles. The third kappa shape index (κ3) is 3.44. The zero-order valence-electron chi connectivity index (χ0n) is 15.1. The van der Waals surface area contributed by atoms with Gasteiger partial charge in [0, 0.05) is 5.39 Å². The van der Waals surface area contributed by atoms with Crippen LogP contribution in [0.5, 0.6) is 5.75 Å². The van der Waals surface area contributed by atoms with Crippen LogP contribution in [0.3, 0.4) is 0 Å². The number of rotatable bonds is 4. The van der Waals surface area contributed by atoms with E-state index in [0.717, 1.165) is 11.1 Å². The number of hydrogen-bond acceptors (Lipinski definition) is 4. The molecule has 0 spiro atoms. The third-order valence-corrected chi connectivity index (χ3v) is 8.85. The molecule has 0 saturated carbocycles. The highest BCUT2D eigenvalue weighted by Gasteiger charge is 2.39. The number of benzene rings is 1. The van der Waals surface area contributed by atoms with Crippen molar-refractivity contribution in [3.05, 3.63) is 29.5 Å². The highest BCUT2D eigenvalue weighted by Crippen LogP contribution is 2.38. The molecule has 0 atom stereocenters. The van der Waals surface area contributed by atoms with Gasteiger partial charge in [0.25, 0.3) is 0 Å². The molecule has 0 radical (unpaired) electrons. The number of hydrogen-bond donors (Lipinski definition) is 0. The zero-order chi connectivity index (χ0) is 17.4. The van der Waals surface area contributed by atoms with Gasteiger partial charge < -0.3 is 13.6 Å². The summed E-state index contributed by atoms with van der Waals surface area (Å²) in [5.74, 6) is 0.992. The van der Waals surface area contributed by atoms with E-state index in [-0.39, 0.29) is 11.0 Å². The van der Waals surface area contributed by atoms with Crippen molar-refractivity contribution in [2.45, 2.75) is 52.8 Å². The fourth-order valence-corrected chi connectivity index (χ4v) is 3.19. The van der Waals surface area contributed by atoms with E-state index in [1.54, 1.807) is 13.8 Å². The van der Waals surface area contributed by atoms with Crippen molar-refractivity contribution in [3.8, 4) is 5.75 Å². The molecule has 0 bridgehead atoms. The fraction of sp³-hybridized carbons (Fsp3) is 0.500. The molecule has 1 heterocycles. The topological polar surface area (TPSA) is 48.7 Å². The predicted molar refractivity (Wildman–Crippen MR) is 94.7 cm³/mol. The number of fused-ring (bicyclic) bond motifs is 1. The average molecular weight is 334 g/mol. The van der Waals surface area contributed by atoms with Crippen molar-refractivity contribution in [1.29, 1.82) is 0 Å². The van der Waals surface area contributed by atoms with E-state index in [1.165, 1.54) is 0 Å². The number of furan rings is 1. The lowest BCUT2D eigenvalue weighted by molar-refractivity contribution is 0.0526. The maximum Gasteiger partial charge on any atom is 0.342 e. The van der Waals surface area contributed by atoms with Crippen LogP contribution in [-0.4, -0.2) is 20.9 Å². The van der Waals surface area contributed by atoms with Crippen LogP contribution in [0, 0.1) is 6.92 Å². The summed E-state index contributed by atoms with van der Waals surface area (Å²) in [6.07, 6.45) is 0. The lowest BCUT2D eigenvalue weighted by Gasteiger charge is -2.36. The Labute approximate surface area is 138 Å². The van der Waals surface area contributed by atoms with Crippen LogP contribution in [0.2, 0.25) is 18.1 Å². The first kappa shape index (κ1) is 17.6. The number of esters is 1. The van der Waals surface area contributed by atoms with Crippen molar-refractivity contribution in [3.63, 3.8) is 0 Å². The quantitative estimate of drug-likeness (QED) is 0.562. The molecule has 1 aromatic carbocycles. The smallest absolute Gasteiger partial charge is 0.342 e. The maximum atomic E-state index is 12.2. The van der Waals surface area contributed by atoms with Gasteiger partial charge in [-0.2, -0.15) is 0 Å². The molecule has 0 amide bonds. The first-order chi connectivity index (χ1) is 10.6. The SMILES string of the molecule is CCOC(=O)c1c(C)oc2ccc(O[Si](C)(C)C(C)(C)C)cc12. The molecule has 0 aliphatic heterocycles. The summed E-state index contributed by atoms with van der Waals surface area (Å²) in [6, 6.07) is 5.65. The average Bonchev–Trinajstić information content (AvgIpc) is 2.72. The second-order valence-electron chi connectivity index (χ2n) is 7.27. The van der Waals surface area contributed by atoms with Crippen LogP contribution in [0.25, 0.3) is 11.0 Å². The number of ether oxygens (including phenoxy) is 1. The molecule has 0 N–H and O–H groups in total. The van der Waals surface area contributed by atoms with Crippen LogP contribution in [0.4, 0.5) is 0 Å². The molecular weight excluding hydrogens is 308 g/mol. The number of aryl methyl sites for hydroxylation is 1. The Balaban J connectivity index is 2.46. The molecule has 2 aromatic rings. The third-order valence-electron chi connectivity index (χ3n) is 4.49. The first-order valence-electron chi connectivity index (χ1n) is 7.96. The van der Waals surface area contributed by atoms with Gasteiger partial charge >= 0.3 is 5.97 Å². The van der Waals surface area contributed by atoms with Crippen LogP contribution in [0.1, 0.15) is 43.8 Å². The molecule has 23 heavy (non-hydrogen) atoms. The number of carbonyl (C=O) groups is 1. The summed E-state index contributed by atoms with van der Waals surface area (Å²) in [6.45, 7) is 14.9. The van der Waals surface area contributed by atoms with E-state index < -0.39 is 8.32 Å². The van der Waals surface area contributed by atoms with Gasteiger partial charge in [-0.05, 0) is 50.2 Å². The summed E-state index contributed by atoms with van der Waals surface area (Å²) in [4.78, 5) is 12.2. The van der Waals surface area contributed by atoms with Gasteiger partial charge in [-0.1, -0.05) is 20.8 Å². The molecule has 0 aliphatic carbocycles. The van der Waals surface area contributed by atoms with E-state index in [9.17, 15) is 4.79 Å². The molecule has 4 nitrogen and oxygen atoms in total. The van der Waals surface area contributed by atoms with Crippen molar-refractivity contribution >= 4 is 25.3 Å². The standard InChI is InChI=1S/C18H26O4Si/c1-8-20-17(19)16-12(2)21-15-10-9-13(11-14(15)16)22-23(6,7)18(3,4)5/h9-11H,8H2,1-7H3. The van der Waals surface area contributed by atoms with Gasteiger partial charge in [-0.15, -0.1) is 0 Å². The largest absolute Gasteiger partial charge is 0.543 e. The zero-order valence-corrected chi connectivity index (χ0v) is 16.1. The van der Waals surface area contributed by atoms with E-state index >= 15 is 0 Å². The summed E-state index contributed by atoms with van der Waals surface area (Å²) >= 11 is 0. The summed E-state index contributed by atoms with van der Waals surface area (Å²) in [5.41, 5.74) is 1.16. The monoisotopic (exact) mass is 334 g/mol. The van der Waals surface area contributed by atoms with Crippen molar-refractivity contribution in [2.75, 3.05) is 6.61 Å². The summed E-state index contributed by atoms with van der Waals surface area (Å²) < 4.78 is 17.1. The van der Waals surface area contributed by atoms with Gasteiger partial charge in [0.2, 0.25) is 8.32 Å². The molecule has 1 aromatic heterocycles. The summed E-state index contributed by atoms with van der Waals surface area (Å²) in [5, 5.41) is 0.857. The fourth-order valence-electron chi connectivity index (χ4n) is 2.17. The van der Waals surface area contributed by atoms with Crippen molar-refractivity contribution < 1.29 is 18.4 Å². The van der Waals surface area contributed by atoms with Gasteiger partial charge in [-0.3, -0.25) is 0 Å². The number of carbonyl (C=O) groups excluding carboxylic acids is 1. The lowest BCUT2D eigenvalue weighted by atomic mass is 10.1. The van der Waals surface area contributed by atoms with Crippen LogP contribution < -0.4 is 4.43 Å². The van der Waals surface area contributed by atoms with Gasteiger partial charge in [0.15, 0.2) is 0 Å². The Bertz CT molecular complexity index is 722. The van der Waals surface area contributed by atoms with Crippen molar-refractivity contribution in [2.24, 2.45) is 0 Å². The first-order valence-corrected chi connectivity index (χ1v) is 10.9. The Hall–Kier alpha value is -1.75. The van der Waals surface area contributed by atoms with Gasteiger partial charge in [0.1, 0.15) is 22.7 Å². The highest BCUT2D eigenvalue weighted by atomic mass is 28.4.